The van der Waals surface area contributed by atoms with Crippen molar-refractivity contribution >= 4 is 44.1 Å². The summed E-state index contributed by atoms with van der Waals surface area (Å²) in [5.74, 6) is 1.40. The van der Waals surface area contributed by atoms with Crippen molar-refractivity contribution in [3.05, 3.63) is 53.2 Å². The second kappa shape index (κ2) is 10.4. The van der Waals surface area contributed by atoms with Crippen LogP contribution in [-0.4, -0.2) is 43.9 Å². The van der Waals surface area contributed by atoms with Crippen LogP contribution in [0.2, 0.25) is 5.02 Å². The van der Waals surface area contributed by atoms with Crippen molar-refractivity contribution in [1.82, 2.24) is 9.29 Å². The Morgan fingerprint density at radius 2 is 1.94 bits per heavy atom. The zero-order chi connectivity index (χ0) is 24.3. The van der Waals surface area contributed by atoms with Crippen LogP contribution in [0.4, 0.5) is 0 Å². The standard InChI is InChI=1S/C24H25Cl2N3O4S/c1-34(30,31)28-18-2-4-20(5-3-18)33-21-6-7-23-16(13-21)8-10-29(23)19-12-17(15-27)24(22(26)14-19)32-11-9-25/h6-8,10,12-14,18,20,28H,2-5,9,11H2,1H3/t18-,20-. The first-order valence-corrected chi connectivity index (χ1v) is 13.8. The molecule has 2 aromatic carbocycles. The van der Waals surface area contributed by atoms with Gasteiger partial charge in [-0.25, -0.2) is 13.1 Å². The Morgan fingerprint density at radius 3 is 2.62 bits per heavy atom. The van der Waals surface area contributed by atoms with E-state index in [2.05, 4.69) is 10.8 Å². The van der Waals surface area contributed by atoms with Gasteiger partial charge in [-0.2, -0.15) is 5.26 Å². The zero-order valence-corrected chi connectivity index (χ0v) is 21.0. The summed E-state index contributed by atoms with van der Waals surface area (Å²) < 4.78 is 39.2. The van der Waals surface area contributed by atoms with E-state index in [9.17, 15) is 13.7 Å². The lowest BCUT2D eigenvalue weighted by Crippen LogP contribution is -2.39. The van der Waals surface area contributed by atoms with Gasteiger partial charge in [0.2, 0.25) is 10.0 Å². The Balaban J connectivity index is 1.50. The van der Waals surface area contributed by atoms with E-state index in [1.54, 1.807) is 12.1 Å². The molecule has 1 saturated carbocycles. The van der Waals surface area contributed by atoms with Crippen molar-refractivity contribution in [2.75, 3.05) is 18.7 Å². The Bertz CT molecular complexity index is 1330. The number of hydrogen-bond donors (Lipinski definition) is 1. The van der Waals surface area contributed by atoms with Crippen molar-refractivity contribution in [2.24, 2.45) is 0 Å². The highest BCUT2D eigenvalue weighted by Gasteiger charge is 2.24. The van der Waals surface area contributed by atoms with Gasteiger partial charge in [0, 0.05) is 23.3 Å². The molecule has 0 aliphatic heterocycles. The summed E-state index contributed by atoms with van der Waals surface area (Å²) in [5.41, 5.74) is 2.04. The van der Waals surface area contributed by atoms with Crippen LogP contribution in [0, 0.1) is 11.3 Å². The summed E-state index contributed by atoms with van der Waals surface area (Å²) in [6.45, 7) is 0.264. The highest BCUT2D eigenvalue weighted by Crippen LogP contribution is 2.34. The molecule has 1 N–H and O–H groups in total. The van der Waals surface area contributed by atoms with E-state index in [-0.39, 0.29) is 18.8 Å². The van der Waals surface area contributed by atoms with E-state index in [1.807, 2.05) is 35.0 Å². The van der Waals surface area contributed by atoms with Crippen molar-refractivity contribution in [1.29, 1.82) is 5.26 Å². The maximum absolute atomic E-state index is 11.4. The molecule has 0 unspecified atom stereocenters. The smallest absolute Gasteiger partial charge is 0.208 e. The fraction of sp³-hybridized carbons (Fsp3) is 0.375. The quantitative estimate of drug-likeness (QED) is 0.420. The molecule has 1 aromatic heterocycles. The summed E-state index contributed by atoms with van der Waals surface area (Å²) in [7, 11) is -3.19. The third-order valence-electron chi connectivity index (χ3n) is 5.77. The van der Waals surface area contributed by atoms with Gasteiger partial charge >= 0.3 is 0 Å². The number of fused-ring (bicyclic) bond motifs is 1. The van der Waals surface area contributed by atoms with E-state index >= 15 is 0 Å². The Hall–Kier alpha value is -2.44. The van der Waals surface area contributed by atoms with E-state index in [0.717, 1.165) is 48.0 Å². The van der Waals surface area contributed by atoms with Crippen molar-refractivity contribution in [2.45, 2.75) is 37.8 Å². The molecule has 0 saturated heterocycles. The third-order valence-corrected chi connectivity index (χ3v) is 6.97. The number of nitrogens with one attached hydrogen (secondary N) is 1. The molecular weight excluding hydrogens is 497 g/mol. The number of ether oxygens (including phenoxy) is 2. The van der Waals surface area contributed by atoms with Gasteiger partial charge in [-0.3, -0.25) is 0 Å². The van der Waals surface area contributed by atoms with E-state index in [4.69, 9.17) is 32.7 Å². The van der Waals surface area contributed by atoms with Crippen LogP contribution in [0.5, 0.6) is 11.5 Å². The third kappa shape index (κ3) is 5.78. The molecule has 1 fully saturated rings. The van der Waals surface area contributed by atoms with Crippen LogP contribution in [0.3, 0.4) is 0 Å². The summed E-state index contributed by atoms with van der Waals surface area (Å²) in [6, 6.07) is 13.5. The van der Waals surface area contributed by atoms with Crippen LogP contribution >= 0.6 is 23.2 Å². The van der Waals surface area contributed by atoms with Gasteiger partial charge in [-0.05, 0) is 62.1 Å². The van der Waals surface area contributed by atoms with E-state index < -0.39 is 10.0 Å². The van der Waals surface area contributed by atoms with Crippen LogP contribution in [0.15, 0.2) is 42.6 Å². The highest BCUT2D eigenvalue weighted by atomic mass is 35.5. The molecule has 0 atom stereocenters. The Labute approximate surface area is 209 Å². The summed E-state index contributed by atoms with van der Waals surface area (Å²) >= 11 is 12.1. The topological polar surface area (TPSA) is 93.3 Å². The predicted molar refractivity (Wildman–Crippen MR) is 134 cm³/mol. The predicted octanol–water partition coefficient (Wildman–Crippen LogP) is 5.01. The first kappa shape index (κ1) is 24.7. The molecular formula is C24H25Cl2N3O4S. The van der Waals surface area contributed by atoms with Crippen LogP contribution in [0.1, 0.15) is 31.2 Å². The lowest BCUT2D eigenvalue weighted by Gasteiger charge is -2.29. The Kier molecular flexibility index (Phi) is 7.58. The first-order valence-electron chi connectivity index (χ1n) is 11.0. The van der Waals surface area contributed by atoms with Crippen molar-refractivity contribution < 1.29 is 17.9 Å². The SMILES string of the molecule is CS(=O)(=O)N[C@H]1CC[C@H](Oc2ccc3c(ccn3-c3cc(Cl)c(OCCCl)c(C#N)c3)c2)CC1. The molecule has 4 rings (SSSR count). The second-order valence-corrected chi connectivity index (χ2v) is 10.9. The minimum absolute atomic E-state index is 0.0248. The van der Waals surface area contributed by atoms with Gasteiger partial charge in [0.15, 0.2) is 5.75 Å². The van der Waals surface area contributed by atoms with Crippen molar-refractivity contribution in [3.63, 3.8) is 0 Å². The average Bonchev–Trinajstić information content (AvgIpc) is 3.21. The van der Waals surface area contributed by atoms with Gasteiger partial charge in [-0.1, -0.05) is 11.6 Å². The molecule has 0 spiro atoms. The number of alkyl halides is 1. The zero-order valence-electron chi connectivity index (χ0n) is 18.6. The number of halogens is 2. The number of sulfonamides is 1. The molecule has 0 bridgehead atoms. The molecule has 10 heteroatoms. The first-order chi connectivity index (χ1) is 16.3. The maximum Gasteiger partial charge on any atom is 0.208 e. The average molecular weight is 522 g/mol. The lowest BCUT2D eigenvalue weighted by atomic mass is 9.93. The molecule has 0 radical (unpaired) electrons. The number of aromatic nitrogens is 1. The highest BCUT2D eigenvalue weighted by molar-refractivity contribution is 7.88. The fourth-order valence-electron chi connectivity index (χ4n) is 4.30. The van der Waals surface area contributed by atoms with E-state index in [1.165, 1.54) is 6.26 Å². The summed E-state index contributed by atoms with van der Waals surface area (Å²) in [6.07, 6.45) is 6.25. The van der Waals surface area contributed by atoms with Gasteiger partial charge in [0.1, 0.15) is 18.4 Å². The fourth-order valence-corrected chi connectivity index (χ4v) is 5.49. The Morgan fingerprint density at radius 1 is 1.18 bits per heavy atom. The lowest BCUT2D eigenvalue weighted by molar-refractivity contribution is 0.144. The number of rotatable bonds is 8. The second-order valence-electron chi connectivity index (χ2n) is 8.34. The number of benzene rings is 2. The van der Waals surface area contributed by atoms with Gasteiger partial charge in [0.05, 0.1) is 34.3 Å². The van der Waals surface area contributed by atoms with Crippen LogP contribution in [0.25, 0.3) is 16.6 Å². The normalized spacial score (nSPS) is 18.5. The largest absolute Gasteiger partial charge is 0.490 e. The molecule has 180 valence electrons. The van der Waals surface area contributed by atoms with Gasteiger partial charge in [0.25, 0.3) is 0 Å². The summed E-state index contributed by atoms with van der Waals surface area (Å²) in [5, 5.41) is 10.9. The number of nitriles is 1. The monoisotopic (exact) mass is 521 g/mol. The molecule has 1 heterocycles. The maximum atomic E-state index is 11.4. The van der Waals surface area contributed by atoms with Crippen LogP contribution < -0.4 is 14.2 Å². The summed E-state index contributed by atoms with van der Waals surface area (Å²) in [4.78, 5) is 0. The number of hydrogen-bond acceptors (Lipinski definition) is 5. The van der Waals surface area contributed by atoms with Crippen LogP contribution in [-0.2, 0) is 10.0 Å². The molecule has 1 aliphatic rings. The molecule has 7 nitrogen and oxygen atoms in total. The minimum atomic E-state index is -3.19. The van der Waals surface area contributed by atoms with Gasteiger partial charge < -0.3 is 14.0 Å². The van der Waals surface area contributed by atoms with E-state index in [0.29, 0.717) is 22.2 Å². The van der Waals surface area contributed by atoms with Gasteiger partial charge in [-0.15, -0.1) is 11.6 Å². The molecule has 3 aromatic rings. The number of nitrogens with zero attached hydrogens (tertiary/aromatic N) is 2. The van der Waals surface area contributed by atoms with Crippen molar-refractivity contribution in [3.8, 4) is 23.3 Å². The molecule has 0 amide bonds. The molecule has 34 heavy (non-hydrogen) atoms. The molecule has 1 aliphatic carbocycles. The minimum Gasteiger partial charge on any atom is -0.490 e.